The van der Waals surface area contributed by atoms with Crippen LogP contribution < -0.4 is 0 Å². The molecular formula is C20H28O4. The highest BCUT2D eigenvalue weighted by molar-refractivity contribution is 5.99. The van der Waals surface area contributed by atoms with Crippen molar-refractivity contribution in [3.05, 3.63) is 71.5 Å². The van der Waals surface area contributed by atoms with Gasteiger partial charge in [-0.2, -0.15) is 0 Å². The molecule has 4 nitrogen and oxygen atoms in total. The van der Waals surface area contributed by atoms with Crippen molar-refractivity contribution in [3.63, 3.8) is 0 Å². The highest BCUT2D eigenvalue weighted by Crippen LogP contribution is 2.10. The average molecular weight is 332 g/mol. The van der Waals surface area contributed by atoms with Crippen LogP contribution in [-0.4, -0.2) is 23.1 Å². The quantitative estimate of drug-likeness (QED) is 0.350. The molecule has 0 saturated heterocycles. The largest absolute Gasteiger partial charge is 0.508 e. The second-order valence-electron chi connectivity index (χ2n) is 5.28. The SMILES string of the molecule is C/C=C(C)/C=C/C(=O)/C=C(O)/C=C/C(C)/C=C\C(O)=C(/CC)OC. The molecule has 0 radical (unpaired) electrons. The zero-order chi connectivity index (χ0) is 18.5. The molecule has 0 aromatic carbocycles. The summed E-state index contributed by atoms with van der Waals surface area (Å²) in [5, 5.41) is 19.5. The van der Waals surface area contributed by atoms with Crippen LogP contribution in [0.3, 0.4) is 0 Å². The van der Waals surface area contributed by atoms with Gasteiger partial charge in [-0.1, -0.05) is 43.7 Å². The van der Waals surface area contributed by atoms with Gasteiger partial charge in [-0.15, -0.1) is 0 Å². The van der Waals surface area contributed by atoms with E-state index in [-0.39, 0.29) is 23.2 Å². The molecule has 0 fully saturated rings. The molecule has 24 heavy (non-hydrogen) atoms. The second kappa shape index (κ2) is 12.0. The number of ketones is 1. The van der Waals surface area contributed by atoms with Gasteiger partial charge in [0.05, 0.1) is 7.11 Å². The van der Waals surface area contributed by atoms with Crippen molar-refractivity contribution in [2.45, 2.75) is 34.1 Å². The van der Waals surface area contributed by atoms with Crippen LogP contribution in [0.4, 0.5) is 0 Å². The smallest absolute Gasteiger partial charge is 0.182 e. The Balaban J connectivity index is 4.77. The summed E-state index contributed by atoms with van der Waals surface area (Å²) in [5.41, 5.74) is 0.973. The van der Waals surface area contributed by atoms with Crippen molar-refractivity contribution in [1.82, 2.24) is 0 Å². The molecule has 0 aromatic heterocycles. The Morgan fingerprint density at radius 2 is 1.75 bits per heavy atom. The fraction of sp³-hybridized carbons (Fsp3) is 0.350. The molecule has 4 heteroatoms. The fourth-order valence-corrected chi connectivity index (χ4v) is 1.63. The topological polar surface area (TPSA) is 66.8 Å². The number of hydrogen-bond acceptors (Lipinski definition) is 4. The van der Waals surface area contributed by atoms with Gasteiger partial charge in [0.15, 0.2) is 11.5 Å². The Kier molecular flexibility index (Phi) is 10.8. The van der Waals surface area contributed by atoms with Crippen LogP contribution in [0.5, 0.6) is 0 Å². The fourth-order valence-electron chi connectivity index (χ4n) is 1.63. The summed E-state index contributed by atoms with van der Waals surface area (Å²) in [5.74, 6) is 0.163. The number of methoxy groups -OCH3 is 1. The Morgan fingerprint density at radius 3 is 2.29 bits per heavy atom. The molecule has 0 aliphatic heterocycles. The molecule has 0 heterocycles. The zero-order valence-corrected chi connectivity index (χ0v) is 15.1. The molecule has 0 aliphatic carbocycles. The van der Waals surface area contributed by atoms with Crippen LogP contribution in [0.1, 0.15) is 34.1 Å². The van der Waals surface area contributed by atoms with Crippen molar-refractivity contribution in [3.8, 4) is 0 Å². The maximum absolute atomic E-state index is 11.6. The van der Waals surface area contributed by atoms with Gasteiger partial charge in [0.25, 0.3) is 0 Å². The van der Waals surface area contributed by atoms with E-state index in [9.17, 15) is 15.0 Å². The molecule has 0 spiro atoms. The molecule has 0 aliphatic rings. The van der Waals surface area contributed by atoms with Crippen molar-refractivity contribution >= 4 is 5.78 Å². The maximum Gasteiger partial charge on any atom is 0.182 e. The lowest BCUT2D eigenvalue weighted by atomic mass is 10.1. The highest BCUT2D eigenvalue weighted by Gasteiger charge is 2.00. The molecule has 1 unspecified atom stereocenters. The van der Waals surface area contributed by atoms with Crippen LogP contribution in [0.15, 0.2) is 71.5 Å². The molecule has 0 aromatic rings. The molecule has 0 amide bonds. The Bertz CT molecular complexity index is 581. The Hall–Kier alpha value is -2.49. The first-order valence-corrected chi connectivity index (χ1v) is 7.92. The van der Waals surface area contributed by atoms with Crippen LogP contribution in [0, 0.1) is 5.92 Å². The standard InChI is InChI=1S/C20H28O4/c1-6-15(3)8-11-17(21)14-18(22)12-9-16(4)10-13-19(23)20(7-2)24-5/h6,8-14,16,22-23H,7H2,1-5H3/b11-8+,12-9+,13-10-,15-6+,18-14-,20-19-. The molecular weight excluding hydrogens is 304 g/mol. The predicted molar refractivity (Wildman–Crippen MR) is 98.7 cm³/mol. The van der Waals surface area contributed by atoms with Crippen LogP contribution in [0.25, 0.3) is 0 Å². The first-order valence-electron chi connectivity index (χ1n) is 7.92. The van der Waals surface area contributed by atoms with Gasteiger partial charge in [-0.3, -0.25) is 4.79 Å². The van der Waals surface area contributed by atoms with Gasteiger partial charge >= 0.3 is 0 Å². The van der Waals surface area contributed by atoms with Gasteiger partial charge in [-0.25, -0.2) is 0 Å². The first kappa shape index (κ1) is 21.5. The van der Waals surface area contributed by atoms with E-state index in [0.29, 0.717) is 12.2 Å². The lowest BCUT2D eigenvalue weighted by molar-refractivity contribution is -0.110. The zero-order valence-electron chi connectivity index (χ0n) is 15.1. The highest BCUT2D eigenvalue weighted by atomic mass is 16.5. The summed E-state index contributed by atoms with van der Waals surface area (Å²) in [4.78, 5) is 11.6. The normalized spacial score (nSPS) is 16.0. The Labute approximate surface area is 144 Å². The molecule has 2 N–H and O–H groups in total. The number of allylic oxidation sites excluding steroid dienone is 10. The van der Waals surface area contributed by atoms with Gasteiger partial charge in [0, 0.05) is 12.5 Å². The summed E-state index contributed by atoms with van der Waals surface area (Å²) in [7, 11) is 1.51. The summed E-state index contributed by atoms with van der Waals surface area (Å²) in [6.45, 7) is 7.55. The lowest BCUT2D eigenvalue weighted by Crippen LogP contribution is -1.92. The van der Waals surface area contributed by atoms with Gasteiger partial charge in [0.2, 0.25) is 0 Å². The maximum atomic E-state index is 11.6. The molecule has 0 saturated carbocycles. The lowest BCUT2D eigenvalue weighted by Gasteiger charge is -2.04. The number of ether oxygens (including phenoxy) is 1. The first-order chi connectivity index (χ1) is 11.3. The number of carbonyl (C=O) groups excluding carboxylic acids is 1. The third-order valence-corrected chi connectivity index (χ3v) is 3.24. The van der Waals surface area contributed by atoms with Crippen molar-refractivity contribution in [1.29, 1.82) is 0 Å². The minimum Gasteiger partial charge on any atom is -0.508 e. The molecule has 0 rings (SSSR count). The van der Waals surface area contributed by atoms with E-state index in [1.54, 1.807) is 24.3 Å². The number of hydrogen-bond donors (Lipinski definition) is 2. The van der Waals surface area contributed by atoms with E-state index in [2.05, 4.69) is 0 Å². The summed E-state index contributed by atoms with van der Waals surface area (Å²) in [6.07, 6.45) is 13.3. The van der Waals surface area contributed by atoms with E-state index in [1.807, 2.05) is 33.8 Å². The average Bonchev–Trinajstić information content (AvgIpc) is 2.56. The molecule has 1 atom stereocenters. The van der Waals surface area contributed by atoms with E-state index in [1.165, 1.54) is 19.3 Å². The Morgan fingerprint density at radius 1 is 1.12 bits per heavy atom. The van der Waals surface area contributed by atoms with E-state index in [4.69, 9.17) is 4.74 Å². The van der Waals surface area contributed by atoms with Crippen molar-refractivity contribution < 1.29 is 19.7 Å². The van der Waals surface area contributed by atoms with Crippen molar-refractivity contribution in [2.24, 2.45) is 5.92 Å². The van der Waals surface area contributed by atoms with Crippen LogP contribution in [0.2, 0.25) is 0 Å². The van der Waals surface area contributed by atoms with E-state index >= 15 is 0 Å². The van der Waals surface area contributed by atoms with Gasteiger partial charge in [0.1, 0.15) is 11.5 Å². The van der Waals surface area contributed by atoms with Gasteiger partial charge < -0.3 is 14.9 Å². The number of aliphatic hydroxyl groups excluding tert-OH is 2. The van der Waals surface area contributed by atoms with Crippen LogP contribution in [-0.2, 0) is 9.53 Å². The number of carbonyl (C=O) groups is 1. The number of aliphatic hydroxyl groups is 2. The number of rotatable bonds is 9. The third-order valence-electron chi connectivity index (χ3n) is 3.24. The molecule has 132 valence electrons. The minimum absolute atomic E-state index is 0.0337. The van der Waals surface area contributed by atoms with Crippen molar-refractivity contribution in [2.75, 3.05) is 7.11 Å². The minimum atomic E-state index is -0.283. The molecule has 0 bridgehead atoms. The second-order valence-corrected chi connectivity index (χ2v) is 5.28. The van der Waals surface area contributed by atoms with E-state index in [0.717, 1.165) is 11.6 Å². The monoisotopic (exact) mass is 332 g/mol. The third kappa shape index (κ3) is 9.51. The van der Waals surface area contributed by atoms with Crippen LogP contribution >= 0.6 is 0 Å². The summed E-state index contributed by atoms with van der Waals surface area (Å²) >= 11 is 0. The summed E-state index contributed by atoms with van der Waals surface area (Å²) in [6, 6.07) is 0. The van der Waals surface area contributed by atoms with Gasteiger partial charge in [-0.05, 0) is 38.0 Å². The van der Waals surface area contributed by atoms with E-state index < -0.39 is 0 Å². The summed E-state index contributed by atoms with van der Waals surface area (Å²) < 4.78 is 5.05. The predicted octanol–water partition coefficient (Wildman–Crippen LogP) is 5.09.